The van der Waals surface area contributed by atoms with Crippen LogP contribution in [-0.2, 0) is 6.54 Å². The average Bonchev–Trinajstić information content (AvgIpc) is 2.69. The second kappa shape index (κ2) is 7.32. The lowest BCUT2D eigenvalue weighted by Crippen LogP contribution is -2.48. The number of nitrogens with zero attached hydrogens (tertiary/aromatic N) is 3. The monoisotopic (exact) mass is 362 g/mol. The molecule has 0 saturated carbocycles. The number of amides is 1. The Bertz CT molecular complexity index is 1020. The molecule has 1 N–H and O–H groups in total. The number of hydrogen-bond acceptors (Lipinski definition) is 4. The summed E-state index contributed by atoms with van der Waals surface area (Å²) in [5.41, 5.74) is 3.43. The predicted molar refractivity (Wildman–Crippen MR) is 105 cm³/mol. The summed E-state index contributed by atoms with van der Waals surface area (Å²) in [4.78, 5) is 35.9. The van der Waals surface area contributed by atoms with Crippen molar-refractivity contribution in [3.63, 3.8) is 0 Å². The maximum Gasteiger partial charge on any atom is 0.254 e. The molecule has 1 fully saturated rings. The van der Waals surface area contributed by atoms with E-state index >= 15 is 0 Å². The van der Waals surface area contributed by atoms with E-state index in [2.05, 4.69) is 20.9 Å². The number of carbonyl (C=O) groups excluding carboxylic acids is 1. The van der Waals surface area contributed by atoms with Crippen molar-refractivity contribution in [2.45, 2.75) is 13.5 Å². The van der Waals surface area contributed by atoms with Gasteiger partial charge in [-0.2, -0.15) is 0 Å². The first-order valence-corrected chi connectivity index (χ1v) is 9.14. The zero-order valence-corrected chi connectivity index (χ0v) is 15.3. The summed E-state index contributed by atoms with van der Waals surface area (Å²) in [5.74, 6) is 0.0380. The van der Waals surface area contributed by atoms with Gasteiger partial charge in [0.05, 0.1) is 0 Å². The SMILES string of the molecule is Cc1ccc2[nH]c(=O)c(CN3CCN(C(=O)c4ccncc4)CC3)cc2c1. The van der Waals surface area contributed by atoms with E-state index in [-0.39, 0.29) is 11.5 Å². The largest absolute Gasteiger partial charge is 0.336 e. The van der Waals surface area contributed by atoms with Gasteiger partial charge in [0.25, 0.3) is 11.5 Å². The summed E-state index contributed by atoms with van der Waals surface area (Å²) in [7, 11) is 0. The summed E-state index contributed by atoms with van der Waals surface area (Å²) in [6.07, 6.45) is 3.27. The lowest BCUT2D eigenvalue weighted by atomic mass is 10.1. The third-order valence-corrected chi connectivity index (χ3v) is 5.06. The van der Waals surface area contributed by atoms with E-state index in [0.29, 0.717) is 25.2 Å². The fourth-order valence-electron chi connectivity index (χ4n) is 3.52. The minimum Gasteiger partial charge on any atom is -0.336 e. The van der Waals surface area contributed by atoms with Gasteiger partial charge in [-0.25, -0.2) is 0 Å². The van der Waals surface area contributed by atoms with Crippen molar-refractivity contribution in [2.75, 3.05) is 26.2 Å². The molecule has 0 spiro atoms. The molecule has 6 heteroatoms. The molecule has 3 aromatic rings. The van der Waals surface area contributed by atoms with Gasteiger partial charge in [-0.05, 0) is 42.6 Å². The highest BCUT2D eigenvalue weighted by Gasteiger charge is 2.22. The third kappa shape index (κ3) is 3.75. The summed E-state index contributed by atoms with van der Waals surface area (Å²) >= 11 is 0. The van der Waals surface area contributed by atoms with Crippen molar-refractivity contribution in [3.8, 4) is 0 Å². The lowest BCUT2D eigenvalue weighted by Gasteiger charge is -2.34. The molecule has 0 radical (unpaired) electrons. The van der Waals surface area contributed by atoms with Crippen molar-refractivity contribution in [1.29, 1.82) is 0 Å². The minimum absolute atomic E-state index is 0.0380. The van der Waals surface area contributed by atoms with Crippen LogP contribution in [0.15, 0.2) is 53.6 Å². The molecule has 1 saturated heterocycles. The molecular weight excluding hydrogens is 340 g/mol. The maximum atomic E-state index is 12.5. The molecule has 1 aliphatic rings. The highest BCUT2D eigenvalue weighted by Crippen LogP contribution is 2.15. The molecule has 27 heavy (non-hydrogen) atoms. The average molecular weight is 362 g/mol. The number of hydrogen-bond donors (Lipinski definition) is 1. The molecule has 6 nitrogen and oxygen atoms in total. The van der Waals surface area contributed by atoms with E-state index in [1.54, 1.807) is 24.5 Å². The van der Waals surface area contributed by atoms with Crippen LogP contribution in [0.25, 0.3) is 10.9 Å². The van der Waals surface area contributed by atoms with E-state index < -0.39 is 0 Å². The summed E-state index contributed by atoms with van der Waals surface area (Å²) in [5, 5.41) is 1.05. The van der Waals surface area contributed by atoms with Crippen LogP contribution in [0, 0.1) is 6.92 Å². The number of nitrogens with one attached hydrogen (secondary N) is 1. The molecule has 4 rings (SSSR count). The standard InChI is InChI=1S/C21H22N4O2/c1-15-2-3-19-17(12-15)13-18(20(26)23-19)14-24-8-10-25(11-9-24)21(27)16-4-6-22-7-5-16/h2-7,12-13H,8-11,14H2,1H3,(H,23,26). The molecule has 138 valence electrons. The first-order chi connectivity index (χ1) is 13.1. The Balaban J connectivity index is 1.43. The summed E-state index contributed by atoms with van der Waals surface area (Å²) in [6, 6.07) is 11.5. The molecule has 1 aromatic carbocycles. The van der Waals surface area contributed by atoms with Gasteiger partial charge in [0, 0.05) is 61.8 Å². The molecule has 0 unspecified atom stereocenters. The van der Waals surface area contributed by atoms with E-state index in [9.17, 15) is 9.59 Å². The number of aromatic amines is 1. The Morgan fingerprint density at radius 2 is 1.81 bits per heavy atom. The van der Waals surface area contributed by atoms with Gasteiger partial charge in [0.15, 0.2) is 0 Å². The number of H-pyrrole nitrogens is 1. The number of aryl methyl sites for hydroxylation is 1. The van der Waals surface area contributed by atoms with Crippen LogP contribution in [-0.4, -0.2) is 51.9 Å². The Kier molecular flexibility index (Phi) is 4.73. The Hall–Kier alpha value is -2.99. The Morgan fingerprint density at radius 1 is 1.07 bits per heavy atom. The summed E-state index contributed by atoms with van der Waals surface area (Å²) in [6.45, 7) is 5.46. The zero-order chi connectivity index (χ0) is 18.8. The first kappa shape index (κ1) is 17.4. The Morgan fingerprint density at radius 3 is 2.56 bits per heavy atom. The number of rotatable bonds is 3. The number of benzene rings is 1. The van der Waals surface area contributed by atoms with Crippen molar-refractivity contribution in [2.24, 2.45) is 0 Å². The topological polar surface area (TPSA) is 69.3 Å². The summed E-state index contributed by atoms with van der Waals surface area (Å²) < 4.78 is 0. The van der Waals surface area contributed by atoms with Gasteiger partial charge in [0.1, 0.15) is 0 Å². The molecule has 1 aliphatic heterocycles. The molecule has 0 atom stereocenters. The Labute approximate surface area is 157 Å². The predicted octanol–water partition coefficient (Wildman–Crippen LogP) is 2.19. The van der Waals surface area contributed by atoms with Gasteiger partial charge in [-0.1, -0.05) is 11.6 Å². The smallest absolute Gasteiger partial charge is 0.254 e. The molecule has 0 aliphatic carbocycles. The van der Waals surface area contributed by atoms with Crippen molar-refractivity contribution < 1.29 is 4.79 Å². The second-order valence-corrected chi connectivity index (χ2v) is 7.02. The fraction of sp³-hybridized carbons (Fsp3) is 0.286. The number of aromatic nitrogens is 2. The molecule has 0 bridgehead atoms. The van der Waals surface area contributed by atoms with E-state index in [4.69, 9.17) is 0 Å². The highest BCUT2D eigenvalue weighted by molar-refractivity contribution is 5.94. The van der Waals surface area contributed by atoms with Crippen LogP contribution in [0.2, 0.25) is 0 Å². The van der Waals surface area contributed by atoms with Gasteiger partial charge in [-0.15, -0.1) is 0 Å². The van der Waals surface area contributed by atoms with Gasteiger partial charge < -0.3 is 9.88 Å². The normalized spacial score (nSPS) is 15.2. The van der Waals surface area contributed by atoms with Crippen molar-refractivity contribution in [3.05, 3.63) is 75.8 Å². The van der Waals surface area contributed by atoms with Crippen molar-refractivity contribution >= 4 is 16.8 Å². The van der Waals surface area contributed by atoms with E-state index in [0.717, 1.165) is 29.6 Å². The number of piperazine rings is 1. The van der Waals surface area contributed by atoms with E-state index in [1.807, 2.05) is 30.0 Å². The van der Waals surface area contributed by atoms with Crippen LogP contribution < -0.4 is 5.56 Å². The van der Waals surface area contributed by atoms with Crippen molar-refractivity contribution in [1.82, 2.24) is 19.8 Å². The second-order valence-electron chi connectivity index (χ2n) is 7.02. The number of carbonyl (C=O) groups is 1. The number of fused-ring (bicyclic) bond motifs is 1. The quantitative estimate of drug-likeness (QED) is 0.775. The highest BCUT2D eigenvalue weighted by atomic mass is 16.2. The fourth-order valence-corrected chi connectivity index (χ4v) is 3.52. The van der Waals surface area contributed by atoms with Gasteiger partial charge in [0.2, 0.25) is 0 Å². The molecule has 2 aromatic heterocycles. The molecular formula is C21H22N4O2. The maximum absolute atomic E-state index is 12.5. The van der Waals surface area contributed by atoms with Gasteiger partial charge >= 0.3 is 0 Å². The lowest BCUT2D eigenvalue weighted by molar-refractivity contribution is 0.0628. The van der Waals surface area contributed by atoms with Crippen LogP contribution in [0.1, 0.15) is 21.5 Å². The van der Waals surface area contributed by atoms with Crippen LogP contribution in [0.4, 0.5) is 0 Å². The zero-order valence-electron chi connectivity index (χ0n) is 15.3. The molecule has 1 amide bonds. The van der Waals surface area contributed by atoms with Crippen LogP contribution in [0.5, 0.6) is 0 Å². The number of pyridine rings is 2. The molecule has 3 heterocycles. The van der Waals surface area contributed by atoms with Crippen LogP contribution in [0.3, 0.4) is 0 Å². The van der Waals surface area contributed by atoms with E-state index in [1.165, 1.54) is 5.56 Å². The first-order valence-electron chi connectivity index (χ1n) is 9.14. The van der Waals surface area contributed by atoms with Crippen LogP contribution >= 0.6 is 0 Å². The minimum atomic E-state index is -0.0401. The van der Waals surface area contributed by atoms with Gasteiger partial charge in [-0.3, -0.25) is 19.5 Å². The third-order valence-electron chi connectivity index (χ3n) is 5.06.